The van der Waals surface area contributed by atoms with Gasteiger partial charge in [-0.2, -0.15) is 0 Å². The van der Waals surface area contributed by atoms with Crippen molar-refractivity contribution in [3.8, 4) is 67.5 Å². The molecule has 0 atom stereocenters. The Morgan fingerprint density at radius 2 is 1.30 bits per heavy atom. The van der Waals surface area contributed by atoms with Crippen molar-refractivity contribution in [1.82, 2.24) is 14.5 Å². The molecule has 0 bridgehead atoms. The predicted octanol–water partition coefficient (Wildman–Crippen LogP) is 16.6. The molecule has 0 fully saturated rings. The second-order valence-corrected chi connectivity index (χ2v) is 20.1. The number of nitrogens with zero attached hydrogens (tertiary/aromatic N) is 3. The molecule has 0 spiro atoms. The van der Waals surface area contributed by atoms with Gasteiger partial charge in [0.25, 0.3) is 0 Å². The summed E-state index contributed by atoms with van der Waals surface area (Å²) in [6.07, 6.45) is -0.758. The quantitative estimate of drug-likeness (QED) is 0.162. The molecule has 8 rings (SSSR count). The molecule has 66 heavy (non-hydrogen) atoms. The van der Waals surface area contributed by atoms with Crippen LogP contribution >= 0.6 is 0 Å². The third-order valence-corrected chi connectivity index (χ3v) is 11.7. The van der Waals surface area contributed by atoms with Crippen molar-refractivity contribution in [3.63, 3.8) is 0 Å². The van der Waals surface area contributed by atoms with Gasteiger partial charge in [-0.3, -0.25) is 9.55 Å². The van der Waals surface area contributed by atoms with E-state index in [2.05, 4.69) is 31.8 Å². The molecular formula is C61H66N3OPt-. The van der Waals surface area contributed by atoms with Crippen LogP contribution in [-0.2, 0) is 42.7 Å². The SMILES string of the molecule is [2H]c1nc(-c2[c-]c(-c3cccc4c3nc(-c3cc(C(C)(C)C)cc(C(C)(C)C)c3O)n4-c3ccc(C([2H])(C)C)cc3-c3ccccc3)cc(C(C)(C)C)c2)c([2H])c(-c2c([2H])c([2H])c(C(C([2H])([2H])[2H])(C([2H])([2H])[2H])C([2H])([2H])[2H])c([2H])c2[2H])c1[2H].[Pt]. The molecule has 8 aromatic rings. The number of phenolic OH excluding ortho intramolecular Hbond substituents is 1. The van der Waals surface area contributed by atoms with Crippen LogP contribution in [0.4, 0.5) is 0 Å². The third kappa shape index (κ3) is 9.63. The Labute approximate surface area is 432 Å². The van der Waals surface area contributed by atoms with E-state index in [-0.39, 0.29) is 43.5 Å². The van der Waals surface area contributed by atoms with Crippen molar-refractivity contribution in [3.05, 3.63) is 167 Å². The standard InChI is InChI=1S/C61H66N3O.Pt/c1-38(2)41-25-28-53(49(34-41)40-19-16-15-17-20-40)64-54-22-18-21-48(55(54)63-57(64)50-36-47(60(9,10)11)37-51(56(50)65)61(12,13)14)43-31-44(33-46(32-43)59(6,7)8)52-35-42(29-30-62-52)39-23-26-45(27-24-39)58(3,4)5;/h15-30,32-38,65H,1-14H3;/q-1;/i3D3,4D3,5D3,23D,24D,26D,27D,29D,30D,35D,38D;. The molecule has 2 aromatic heterocycles. The van der Waals surface area contributed by atoms with Crippen LogP contribution < -0.4 is 0 Å². The topological polar surface area (TPSA) is 50.9 Å². The number of imidazole rings is 1. The maximum Gasteiger partial charge on any atom is 0.148 e. The number of hydrogen-bond donors (Lipinski definition) is 1. The molecule has 4 nitrogen and oxygen atoms in total. The Morgan fingerprint density at radius 1 is 0.636 bits per heavy atom. The first-order valence-electron chi connectivity index (χ1n) is 30.2. The fourth-order valence-electron chi connectivity index (χ4n) is 7.91. The number of aromatic nitrogens is 3. The van der Waals surface area contributed by atoms with E-state index in [4.69, 9.17) is 24.2 Å². The number of rotatable bonds is 7. The summed E-state index contributed by atoms with van der Waals surface area (Å²) in [6, 6.07) is 26.0. The fourth-order valence-corrected chi connectivity index (χ4v) is 7.91. The summed E-state index contributed by atoms with van der Waals surface area (Å²) in [5, 5.41) is 12.6. The number of para-hydroxylation sites is 1. The molecule has 0 aliphatic rings. The molecule has 0 amide bonds. The van der Waals surface area contributed by atoms with Gasteiger partial charge in [-0.1, -0.05) is 193 Å². The smallest absolute Gasteiger partial charge is 0.148 e. The van der Waals surface area contributed by atoms with Crippen LogP contribution in [-0.4, -0.2) is 19.6 Å². The Hall–Kier alpha value is -5.57. The summed E-state index contributed by atoms with van der Waals surface area (Å²) in [6.45, 7) is 10.2. The summed E-state index contributed by atoms with van der Waals surface area (Å²) in [7, 11) is 0. The summed E-state index contributed by atoms with van der Waals surface area (Å²) in [5.74, 6) is -0.520. The number of aromatic hydroxyl groups is 1. The molecule has 1 N–H and O–H groups in total. The molecule has 0 unspecified atom stereocenters. The van der Waals surface area contributed by atoms with Crippen molar-refractivity contribution >= 4 is 11.0 Å². The summed E-state index contributed by atoms with van der Waals surface area (Å²) < 4.78 is 150. The Kier molecular flexibility index (Phi) is 8.32. The van der Waals surface area contributed by atoms with Crippen LogP contribution in [0.15, 0.2) is 133 Å². The van der Waals surface area contributed by atoms with Crippen LogP contribution in [0.2, 0.25) is 0 Å². The van der Waals surface area contributed by atoms with Crippen LogP contribution in [0.1, 0.15) is 154 Å². The number of phenols is 1. The maximum atomic E-state index is 12.6. The van der Waals surface area contributed by atoms with Crippen LogP contribution in [0, 0.1) is 6.07 Å². The maximum absolute atomic E-state index is 12.6. The third-order valence-electron chi connectivity index (χ3n) is 11.7. The number of fused-ring (bicyclic) bond motifs is 1. The van der Waals surface area contributed by atoms with Crippen molar-refractivity contribution in [2.24, 2.45) is 0 Å². The van der Waals surface area contributed by atoms with Crippen LogP contribution in [0.5, 0.6) is 5.75 Å². The van der Waals surface area contributed by atoms with E-state index in [1.54, 1.807) is 6.07 Å². The van der Waals surface area contributed by atoms with Gasteiger partial charge in [0.2, 0.25) is 0 Å². The van der Waals surface area contributed by atoms with Gasteiger partial charge in [-0.25, -0.2) is 4.98 Å². The van der Waals surface area contributed by atoms with Gasteiger partial charge < -0.3 is 5.11 Å². The van der Waals surface area contributed by atoms with E-state index in [1.165, 1.54) is 0 Å². The molecular weight excluding hydrogens is 986 g/mol. The average Bonchev–Trinajstić information content (AvgIpc) is 0.954. The number of hydrogen-bond acceptors (Lipinski definition) is 3. The minimum atomic E-state index is -3.93. The van der Waals surface area contributed by atoms with Gasteiger partial charge in [-0.15, -0.1) is 29.3 Å². The summed E-state index contributed by atoms with van der Waals surface area (Å²) in [5.41, 5.74) is -0.349. The molecule has 0 saturated carbocycles. The van der Waals surface area contributed by atoms with E-state index in [0.29, 0.717) is 50.4 Å². The molecule has 2 heterocycles. The van der Waals surface area contributed by atoms with Crippen molar-refractivity contribution < 1.29 is 49.5 Å². The van der Waals surface area contributed by atoms with Crippen molar-refractivity contribution in [2.45, 2.75) is 124 Å². The average molecular weight is 1070 g/mol. The van der Waals surface area contributed by atoms with Gasteiger partial charge in [0.05, 0.1) is 31.9 Å². The molecule has 5 heteroatoms. The van der Waals surface area contributed by atoms with Crippen molar-refractivity contribution in [2.75, 3.05) is 0 Å². The second-order valence-electron chi connectivity index (χ2n) is 20.1. The summed E-state index contributed by atoms with van der Waals surface area (Å²) >= 11 is 0. The van der Waals surface area contributed by atoms with Gasteiger partial charge in [0.1, 0.15) is 11.6 Å². The molecule has 342 valence electrons. The second kappa shape index (κ2) is 17.9. The minimum absolute atomic E-state index is 0. The predicted molar refractivity (Wildman–Crippen MR) is 275 cm³/mol. The van der Waals surface area contributed by atoms with Crippen molar-refractivity contribution in [1.29, 1.82) is 0 Å². The molecule has 0 saturated heterocycles. The summed E-state index contributed by atoms with van der Waals surface area (Å²) in [4.78, 5) is 9.89. The van der Waals surface area contributed by atoms with E-state index < -0.39 is 102 Å². The molecule has 0 aliphatic heterocycles. The zero-order chi connectivity index (χ0) is 61.3. The molecule has 0 aliphatic carbocycles. The first-order valence-corrected chi connectivity index (χ1v) is 21.7. The van der Waals surface area contributed by atoms with Gasteiger partial charge in [0, 0.05) is 57.8 Å². The molecule has 0 radical (unpaired) electrons. The Bertz CT molecular complexity index is 3790. The number of benzene rings is 6. The Balaban J connectivity index is 0.00000990. The zero-order valence-corrected chi connectivity index (χ0v) is 41.5. The van der Waals surface area contributed by atoms with E-state index in [9.17, 15) is 9.22 Å². The first kappa shape index (κ1) is 30.7. The van der Waals surface area contributed by atoms with Crippen LogP contribution in [0.25, 0.3) is 72.7 Å². The monoisotopic (exact) mass is 1070 g/mol. The van der Waals surface area contributed by atoms with Gasteiger partial charge in [0.15, 0.2) is 0 Å². The van der Waals surface area contributed by atoms with Crippen LogP contribution in [0.3, 0.4) is 0 Å². The van der Waals surface area contributed by atoms with Gasteiger partial charge >= 0.3 is 0 Å². The van der Waals surface area contributed by atoms with E-state index >= 15 is 0 Å². The first-order chi connectivity index (χ1) is 37.5. The Morgan fingerprint density at radius 3 is 1.94 bits per heavy atom. The largest absolute Gasteiger partial charge is 0.507 e. The van der Waals surface area contributed by atoms with E-state index in [1.807, 2.05) is 145 Å². The minimum Gasteiger partial charge on any atom is -0.507 e. The number of pyridine rings is 1. The van der Waals surface area contributed by atoms with E-state index in [0.717, 1.165) is 22.3 Å². The molecule has 6 aromatic carbocycles. The normalized spacial score (nSPS) is 16.9. The fraction of sp³-hybridized carbons (Fsp3) is 0.311. The zero-order valence-electron chi connectivity index (χ0n) is 56.3. The van der Waals surface area contributed by atoms with Gasteiger partial charge in [-0.05, 0) is 91.2 Å².